The number of rotatable bonds is 6. The summed E-state index contributed by atoms with van der Waals surface area (Å²) in [5.74, 6) is 0.853. The van der Waals surface area contributed by atoms with Crippen LogP contribution in [0.25, 0.3) is 10.4 Å². The van der Waals surface area contributed by atoms with Crippen LogP contribution in [0.3, 0.4) is 0 Å². The van der Waals surface area contributed by atoms with Gasteiger partial charge in [-0.3, -0.25) is 4.79 Å². The molecule has 0 saturated carbocycles. The first-order chi connectivity index (χ1) is 11.7. The fourth-order valence-corrected chi connectivity index (χ4v) is 3.07. The van der Waals surface area contributed by atoms with Crippen LogP contribution >= 0.6 is 11.3 Å². The highest BCUT2D eigenvalue weighted by molar-refractivity contribution is 7.15. The van der Waals surface area contributed by atoms with Crippen LogP contribution in [0.2, 0.25) is 0 Å². The Morgan fingerprint density at radius 2 is 1.92 bits per heavy atom. The lowest BCUT2D eigenvalue weighted by atomic mass is 10.2. The normalized spacial score (nSPS) is 10.4. The minimum Gasteiger partial charge on any atom is -0.497 e. The predicted molar refractivity (Wildman–Crippen MR) is 94.2 cm³/mol. The number of carbonyl (C=O) groups excluding carboxylic acids is 1. The standard InChI is InChI=1S/C17H16N4O2S/c1-23-12-4-2-11(3-5-12)15-8-6-13(24-15)10-19-16-9-7-14(17(18)22)20-21-16/h2-9H,10H2,1H3,(H2,18,22)(H,19,21). The Kier molecular flexibility index (Phi) is 4.72. The maximum atomic E-state index is 11.0. The van der Waals surface area contributed by atoms with Crippen molar-refractivity contribution < 1.29 is 9.53 Å². The van der Waals surface area contributed by atoms with E-state index in [1.54, 1.807) is 30.6 Å². The van der Waals surface area contributed by atoms with Gasteiger partial charge in [0.05, 0.1) is 13.7 Å². The van der Waals surface area contributed by atoms with Crippen LogP contribution in [0.4, 0.5) is 5.82 Å². The van der Waals surface area contributed by atoms with Crippen LogP contribution in [-0.2, 0) is 6.54 Å². The molecule has 6 nitrogen and oxygen atoms in total. The molecule has 0 unspecified atom stereocenters. The third-order valence-corrected chi connectivity index (χ3v) is 4.53. The van der Waals surface area contributed by atoms with E-state index in [0.717, 1.165) is 11.3 Å². The van der Waals surface area contributed by atoms with E-state index in [9.17, 15) is 4.79 Å². The number of nitrogens with two attached hydrogens (primary N) is 1. The fourth-order valence-electron chi connectivity index (χ4n) is 2.12. The first kappa shape index (κ1) is 15.9. The van der Waals surface area contributed by atoms with Crippen molar-refractivity contribution in [2.24, 2.45) is 5.73 Å². The highest BCUT2D eigenvalue weighted by Crippen LogP contribution is 2.29. The number of anilines is 1. The van der Waals surface area contributed by atoms with Crippen LogP contribution in [0.5, 0.6) is 5.75 Å². The first-order valence-electron chi connectivity index (χ1n) is 7.26. The van der Waals surface area contributed by atoms with E-state index >= 15 is 0 Å². The summed E-state index contributed by atoms with van der Waals surface area (Å²) in [4.78, 5) is 13.3. The van der Waals surface area contributed by atoms with Crippen LogP contribution in [0, 0.1) is 0 Å². The second-order valence-corrected chi connectivity index (χ2v) is 6.18. The van der Waals surface area contributed by atoms with Gasteiger partial charge in [-0.15, -0.1) is 21.5 Å². The Morgan fingerprint density at radius 3 is 2.54 bits per heavy atom. The minimum atomic E-state index is -0.587. The molecule has 3 aromatic rings. The molecular weight excluding hydrogens is 324 g/mol. The number of methoxy groups -OCH3 is 1. The van der Waals surface area contributed by atoms with Gasteiger partial charge in [0.1, 0.15) is 11.6 Å². The topological polar surface area (TPSA) is 90.1 Å². The van der Waals surface area contributed by atoms with E-state index in [-0.39, 0.29) is 5.69 Å². The SMILES string of the molecule is COc1ccc(-c2ccc(CNc3ccc(C(N)=O)nn3)s2)cc1. The number of primary amides is 1. The summed E-state index contributed by atoms with van der Waals surface area (Å²) in [5.41, 5.74) is 6.44. The number of amides is 1. The van der Waals surface area contributed by atoms with Crippen molar-refractivity contribution in [1.82, 2.24) is 10.2 Å². The zero-order valence-corrected chi connectivity index (χ0v) is 13.8. The lowest BCUT2D eigenvalue weighted by molar-refractivity contribution is 0.0994. The summed E-state index contributed by atoms with van der Waals surface area (Å²) in [5, 5.41) is 10.9. The first-order valence-corrected chi connectivity index (χ1v) is 8.08. The summed E-state index contributed by atoms with van der Waals surface area (Å²) in [7, 11) is 1.66. The second-order valence-electron chi connectivity index (χ2n) is 5.02. The summed E-state index contributed by atoms with van der Waals surface area (Å²) < 4.78 is 5.17. The van der Waals surface area contributed by atoms with Crippen LogP contribution < -0.4 is 15.8 Å². The molecule has 3 rings (SSSR count). The van der Waals surface area contributed by atoms with Crippen molar-refractivity contribution >= 4 is 23.1 Å². The molecule has 0 spiro atoms. The van der Waals surface area contributed by atoms with Crippen molar-refractivity contribution in [2.45, 2.75) is 6.54 Å². The third-order valence-electron chi connectivity index (χ3n) is 3.40. The number of ether oxygens (including phenoxy) is 1. The molecule has 0 saturated heterocycles. The van der Waals surface area contributed by atoms with E-state index < -0.39 is 5.91 Å². The average Bonchev–Trinajstić information content (AvgIpc) is 3.09. The number of carbonyl (C=O) groups is 1. The number of hydrogen-bond acceptors (Lipinski definition) is 6. The summed E-state index contributed by atoms with van der Waals surface area (Å²) in [6.07, 6.45) is 0. The van der Waals surface area contributed by atoms with Gasteiger partial charge in [0.25, 0.3) is 5.91 Å². The van der Waals surface area contributed by atoms with Crippen molar-refractivity contribution in [2.75, 3.05) is 12.4 Å². The quantitative estimate of drug-likeness (QED) is 0.720. The fraction of sp³-hybridized carbons (Fsp3) is 0.118. The molecule has 3 N–H and O–H groups in total. The van der Waals surface area contributed by atoms with Gasteiger partial charge >= 0.3 is 0 Å². The minimum absolute atomic E-state index is 0.151. The van der Waals surface area contributed by atoms with Crippen molar-refractivity contribution in [3.8, 4) is 16.2 Å². The monoisotopic (exact) mass is 340 g/mol. The molecule has 0 fully saturated rings. The molecule has 7 heteroatoms. The number of benzene rings is 1. The number of hydrogen-bond donors (Lipinski definition) is 2. The lowest BCUT2D eigenvalue weighted by Gasteiger charge is -2.03. The average molecular weight is 340 g/mol. The zero-order chi connectivity index (χ0) is 16.9. The zero-order valence-electron chi connectivity index (χ0n) is 13.0. The second kappa shape index (κ2) is 7.10. The predicted octanol–water partition coefficient (Wildman–Crippen LogP) is 2.92. The van der Waals surface area contributed by atoms with Gasteiger partial charge in [0.15, 0.2) is 5.69 Å². The molecular formula is C17H16N4O2S. The Morgan fingerprint density at radius 1 is 1.12 bits per heavy atom. The molecule has 1 aromatic carbocycles. The van der Waals surface area contributed by atoms with Gasteiger partial charge in [0.2, 0.25) is 0 Å². The molecule has 0 bridgehead atoms. The number of aromatic nitrogens is 2. The van der Waals surface area contributed by atoms with Gasteiger partial charge in [-0.1, -0.05) is 0 Å². The Hall–Kier alpha value is -2.93. The summed E-state index contributed by atoms with van der Waals surface area (Å²) >= 11 is 1.70. The molecule has 0 aliphatic heterocycles. The highest BCUT2D eigenvalue weighted by Gasteiger charge is 2.05. The highest BCUT2D eigenvalue weighted by atomic mass is 32.1. The maximum absolute atomic E-state index is 11.0. The van der Waals surface area contributed by atoms with Gasteiger partial charge in [-0.2, -0.15) is 0 Å². The van der Waals surface area contributed by atoms with Gasteiger partial charge in [-0.05, 0) is 54.1 Å². The smallest absolute Gasteiger partial charge is 0.269 e. The largest absolute Gasteiger partial charge is 0.497 e. The van der Waals surface area contributed by atoms with Gasteiger partial charge in [0, 0.05) is 9.75 Å². The van der Waals surface area contributed by atoms with Crippen LogP contribution in [0.15, 0.2) is 48.5 Å². The molecule has 0 aliphatic carbocycles. The Balaban J connectivity index is 1.64. The maximum Gasteiger partial charge on any atom is 0.269 e. The van der Waals surface area contributed by atoms with E-state index in [0.29, 0.717) is 12.4 Å². The van der Waals surface area contributed by atoms with E-state index in [1.807, 2.05) is 24.3 Å². The van der Waals surface area contributed by atoms with E-state index in [4.69, 9.17) is 10.5 Å². The number of nitrogens with zero attached hydrogens (tertiary/aromatic N) is 2. The molecule has 0 aliphatic rings. The molecule has 122 valence electrons. The molecule has 1 amide bonds. The summed E-state index contributed by atoms with van der Waals surface area (Å²) in [6.45, 7) is 0.630. The molecule has 24 heavy (non-hydrogen) atoms. The van der Waals surface area contributed by atoms with Gasteiger partial charge in [-0.25, -0.2) is 0 Å². The molecule has 0 atom stereocenters. The molecule has 2 heterocycles. The molecule has 0 radical (unpaired) electrons. The lowest BCUT2D eigenvalue weighted by Crippen LogP contribution is -2.14. The number of thiophene rings is 1. The summed E-state index contributed by atoms with van der Waals surface area (Å²) in [6, 6.07) is 15.4. The van der Waals surface area contributed by atoms with E-state index in [1.165, 1.54) is 9.75 Å². The van der Waals surface area contributed by atoms with Gasteiger partial charge < -0.3 is 15.8 Å². The third kappa shape index (κ3) is 3.69. The Labute approximate surface area is 143 Å². The Bertz CT molecular complexity index is 829. The van der Waals surface area contributed by atoms with Crippen LogP contribution in [0.1, 0.15) is 15.4 Å². The van der Waals surface area contributed by atoms with Crippen molar-refractivity contribution in [3.63, 3.8) is 0 Å². The van der Waals surface area contributed by atoms with Crippen molar-refractivity contribution in [3.05, 3.63) is 59.1 Å². The van der Waals surface area contributed by atoms with Crippen molar-refractivity contribution in [1.29, 1.82) is 0 Å². The number of nitrogens with one attached hydrogen (secondary N) is 1. The van der Waals surface area contributed by atoms with Crippen LogP contribution in [-0.4, -0.2) is 23.2 Å². The van der Waals surface area contributed by atoms with E-state index in [2.05, 4.69) is 27.6 Å². The molecule has 2 aromatic heterocycles.